The van der Waals surface area contributed by atoms with Gasteiger partial charge in [-0.2, -0.15) is 0 Å². The van der Waals surface area contributed by atoms with Crippen LogP contribution in [0.5, 0.6) is 0 Å². The van der Waals surface area contributed by atoms with Gasteiger partial charge in [0.15, 0.2) is 8.32 Å². The maximum Gasteiger partial charge on any atom is 0.251 e. The number of amides is 1. The number of allylic oxidation sites excluding steroid dienone is 2. The average Bonchev–Trinajstić information content (AvgIpc) is 2.66. The predicted octanol–water partition coefficient (Wildman–Crippen LogP) is 6.48. The van der Waals surface area contributed by atoms with E-state index in [1.807, 2.05) is 50.3 Å². The Labute approximate surface area is 176 Å². The first-order valence-corrected chi connectivity index (χ1v) is 13.1. The smallest absolute Gasteiger partial charge is 0.251 e. The van der Waals surface area contributed by atoms with E-state index in [0.717, 1.165) is 28.6 Å². The van der Waals surface area contributed by atoms with Crippen LogP contribution >= 0.6 is 0 Å². The van der Waals surface area contributed by atoms with Crippen molar-refractivity contribution >= 4 is 30.8 Å². The number of para-hydroxylation sites is 1. The molecule has 4 nitrogen and oxygen atoms in total. The number of pyridine rings is 1. The number of fused-ring (bicyclic) bond motifs is 1. The third kappa shape index (κ3) is 6.12. The molecule has 29 heavy (non-hydrogen) atoms. The number of benzene rings is 1. The maximum atomic E-state index is 12.7. The van der Waals surface area contributed by atoms with Crippen molar-refractivity contribution in [1.29, 1.82) is 0 Å². The largest absolute Gasteiger partial charge is 0.417 e. The monoisotopic (exact) mass is 410 g/mol. The molecule has 0 aliphatic heterocycles. The molecule has 0 radical (unpaired) electrons. The fourth-order valence-corrected chi connectivity index (χ4v) is 3.65. The number of rotatable bonds is 7. The highest BCUT2D eigenvalue weighted by molar-refractivity contribution is 6.74. The van der Waals surface area contributed by atoms with E-state index in [-0.39, 0.29) is 10.9 Å². The van der Waals surface area contributed by atoms with Gasteiger partial charge in [-0.3, -0.25) is 9.78 Å². The third-order valence-corrected chi connectivity index (χ3v) is 10.3. The Morgan fingerprint density at radius 2 is 1.86 bits per heavy atom. The number of carbonyl (C=O) groups is 1. The average molecular weight is 411 g/mol. The van der Waals surface area contributed by atoms with Gasteiger partial charge in [0.1, 0.15) is 0 Å². The molecule has 0 fully saturated rings. The molecule has 2 rings (SSSR count). The number of carbonyl (C=O) groups excluding carboxylic acids is 1. The molecule has 0 saturated carbocycles. The highest BCUT2D eigenvalue weighted by Gasteiger charge is 2.36. The van der Waals surface area contributed by atoms with Crippen LogP contribution in [0.25, 0.3) is 10.9 Å². The van der Waals surface area contributed by atoms with E-state index in [0.29, 0.717) is 12.2 Å². The molecule has 5 heteroatoms. The zero-order valence-corrected chi connectivity index (χ0v) is 19.8. The van der Waals surface area contributed by atoms with Gasteiger partial charge in [-0.15, -0.1) is 0 Å². The molecule has 0 aliphatic rings. The molecule has 1 aromatic heterocycles. The lowest BCUT2D eigenvalue weighted by Crippen LogP contribution is -2.40. The van der Waals surface area contributed by atoms with Crippen molar-refractivity contribution in [1.82, 2.24) is 4.98 Å². The summed E-state index contributed by atoms with van der Waals surface area (Å²) in [5, 5.41) is 4.22. The van der Waals surface area contributed by atoms with Crippen molar-refractivity contribution in [3.05, 3.63) is 59.8 Å². The zero-order chi connectivity index (χ0) is 21.7. The Kier molecular flexibility index (Phi) is 7.55. The van der Waals surface area contributed by atoms with Crippen LogP contribution in [0.1, 0.15) is 41.0 Å². The second-order valence-corrected chi connectivity index (χ2v) is 13.8. The fourth-order valence-electron chi connectivity index (χ4n) is 2.58. The summed E-state index contributed by atoms with van der Waals surface area (Å²) in [7, 11) is -1.70. The van der Waals surface area contributed by atoms with E-state index in [1.54, 1.807) is 6.20 Å². The Balaban J connectivity index is 1.97. The van der Waals surface area contributed by atoms with Gasteiger partial charge in [0.2, 0.25) is 0 Å². The number of hydrogen-bond donors (Lipinski definition) is 1. The summed E-state index contributed by atoms with van der Waals surface area (Å²) in [5.41, 5.74) is 3.17. The highest BCUT2D eigenvalue weighted by atomic mass is 28.4. The molecular weight excluding hydrogens is 376 g/mol. The summed E-state index contributed by atoms with van der Waals surface area (Å²) in [6, 6.07) is 9.67. The fraction of sp³-hybridized carbons (Fsp3) is 0.417. The Morgan fingerprint density at radius 1 is 1.17 bits per heavy atom. The molecule has 1 heterocycles. The van der Waals surface area contributed by atoms with Crippen molar-refractivity contribution in [2.45, 2.75) is 59.2 Å². The van der Waals surface area contributed by atoms with Crippen molar-refractivity contribution in [2.75, 3.05) is 11.9 Å². The molecule has 2 aromatic rings. The molecule has 0 bridgehead atoms. The van der Waals surface area contributed by atoms with Gasteiger partial charge < -0.3 is 9.74 Å². The maximum absolute atomic E-state index is 12.7. The van der Waals surface area contributed by atoms with Crippen LogP contribution in [0.4, 0.5) is 5.69 Å². The van der Waals surface area contributed by atoms with E-state index in [4.69, 9.17) is 4.43 Å². The van der Waals surface area contributed by atoms with Gasteiger partial charge in [-0.1, -0.05) is 51.1 Å². The molecule has 0 saturated heterocycles. The predicted molar refractivity (Wildman–Crippen MR) is 126 cm³/mol. The summed E-state index contributed by atoms with van der Waals surface area (Å²) in [5.74, 6) is -0.108. The van der Waals surface area contributed by atoms with Gasteiger partial charge in [0.05, 0.1) is 11.2 Å². The minimum absolute atomic E-state index is 0.108. The molecule has 156 valence electrons. The molecule has 0 atom stereocenters. The van der Waals surface area contributed by atoms with Gasteiger partial charge in [0.25, 0.3) is 5.91 Å². The minimum atomic E-state index is -1.70. The molecule has 0 spiro atoms. The Morgan fingerprint density at radius 3 is 2.55 bits per heavy atom. The number of nitrogens with zero attached hydrogens (tertiary/aromatic N) is 1. The lowest BCUT2D eigenvalue weighted by Gasteiger charge is -2.36. The Bertz CT molecular complexity index is 919. The van der Waals surface area contributed by atoms with Gasteiger partial charge in [-0.25, -0.2) is 0 Å². The first-order valence-electron chi connectivity index (χ1n) is 10.2. The van der Waals surface area contributed by atoms with Crippen molar-refractivity contribution in [3.8, 4) is 0 Å². The van der Waals surface area contributed by atoms with Crippen LogP contribution in [0.15, 0.2) is 59.8 Å². The van der Waals surface area contributed by atoms with E-state index < -0.39 is 8.32 Å². The summed E-state index contributed by atoms with van der Waals surface area (Å²) < 4.78 is 6.19. The van der Waals surface area contributed by atoms with Crippen LogP contribution in [-0.2, 0) is 9.22 Å². The summed E-state index contributed by atoms with van der Waals surface area (Å²) in [6.07, 6.45) is 6.66. The lowest BCUT2D eigenvalue weighted by atomic mass is 10.1. The van der Waals surface area contributed by atoms with E-state index >= 15 is 0 Å². The Hall–Kier alpha value is -2.24. The minimum Gasteiger partial charge on any atom is -0.417 e. The first kappa shape index (κ1) is 23.0. The van der Waals surface area contributed by atoms with Crippen LogP contribution in [0, 0.1) is 0 Å². The number of hydrogen-bond acceptors (Lipinski definition) is 3. The topological polar surface area (TPSA) is 51.2 Å². The van der Waals surface area contributed by atoms with Crippen LogP contribution in [0.3, 0.4) is 0 Å². The molecule has 1 N–H and O–H groups in total. The normalized spacial score (nSPS) is 13.6. The van der Waals surface area contributed by atoms with E-state index in [1.165, 1.54) is 0 Å². The quantitative estimate of drug-likeness (QED) is 0.246. The lowest BCUT2D eigenvalue weighted by molar-refractivity contribution is -0.112. The molecule has 1 amide bonds. The standard InChI is InChI=1S/C24H34N2O2Si/c1-18(12-8-9-17-28-29(6,7)24(3,4)5)19(2)23(27)26-21-15-10-13-20-14-11-16-25-22(20)21/h8,10-16H,9,17H2,1-7H3,(H,26,27)/b12-8+,19-18-. The number of aromatic nitrogens is 1. The number of anilines is 1. The van der Waals surface area contributed by atoms with Crippen LogP contribution in [-0.4, -0.2) is 25.8 Å². The van der Waals surface area contributed by atoms with Crippen LogP contribution < -0.4 is 5.32 Å². The molecule has 0 aliphatic carbocycles. The van der Waals surface area contributed by atoms with E-state index in [2.05, 4.69) is 50.2 Å². The zero-order valence-electron chi connectivity index (χ0n) is 18.8. The first-order chi connectivity index (χ1) is 13.5. The van der Waals surface area contributed by atoms with Gasteiger partial charge in [0, 0.05) is 23.8 Å². The SMILES string of the molecule is CC(/C=C/CCO[Si](C)(C)C(C)(C)C)=C(\C)C(=O)Nc1cccc2cccnc12. The summed E-state index contributed by atoms with van der Waals surface area (Å²) in [6.45, 7) is 15.8. The van der Waals surface area contributed by atoms with Crippen molar-refractivity contribution in [3.63, 3.8) is 0 Å². The van der Waals surface area contributed by atoms with E-state index in [9.17, 15) is 4.79 Å². The second kappa shape index (κ2) is 9.50. The highest BCUT2D eigenvalue weighted by Crippen LogP contribution is 2.36. The van der Waals surface area contributed by atoms with Crippen LogP contribution in [0.2, 0.25) is 18.1 Å². The molecular formula is C24H34N2O2Si. The van der Waals surface area contributed by atoms with Crippen molar-refractivity contribution in [2.24, 2.45) is 0 Å². The molecule has 0 unspecified atom stereocenters. The van der Waals surface area contributed by atoms with Gasteiger partial charge in [-0.05, 0) is 56.1 Å². The third-order valence-electron chi connectivity index (χ3n) is 5.73. The summed E-state index contributed by atoms with van der Waals surface area (Å²) >= 11 is 0. The van der Waals surface area contributed by atoms with Crippen molar-refractivity contribution < 1.29 is 9.22 Å². The number of nitrogens with one attached hydrogen (secondary N) is 1. The van der Waals surface area contributed by atoms with Gasteiger partial charge >= 0.3 is 0 Å². The molecule has 1 aromatic carbocycles. The summed E-state index contributed by atoms with van der Waals surface area (Å²) in [4.78, 5) is 17.1. The second-order valence-electron chi connectivity index (χ2n) is 8.94.